The minimum atomic E-state index is -0.0554. The summed E-state index contributed by atoms with van der Waals surface area (Å²) in [6, 6.07) is 0. The van der Waals surface area contributed by atoms with Crippen molar-refractivity contribution in [2.75, 3.05) is 0 Å². The van der Waals surface area contributed by atoms with E-state index in [1.54, 1.807) is 0 Å². The molecule has 1 aliphatic rings. The highest BCUT2D eigenvalue weighted by Gasteiger charge is 2.19. The van der Waals surface area contributed by atoms with Gasteiger partial charge in [0.25, 0.3) is 0 Å². The molecule has 0 saturated carbocycles. The van der Waals surface area contributed by atoms with Crippen molar-refractivity contribution in [3.8, 4) is 0 Å². The molecule has 1 saturated heterocycles. The quantitative estimate of drug-likeness (QED) is 0.366. The fraction of sp³-hybridized carbons (Fsp3) is 0.700. The lowest BCUT2D eigenvalue weighted by atomic mass is 10.2. The summed E-state index contributed by atoms with van der Waals surface area (Å²) in [7, 11) is 0. The molecule has 12 heavy (non-hydrogen) atoms. The highest BCUT2D eigenvalue weighted by atomic mass is 16.5. The third-order valence-corrected chi connectivity index (χ3v) is 1.99. The molecule has 0 aliphatic carbocycles. The smallest absolute Gasteiger partial charge is 0.306 e. The highest BCUT2D eigenvalue weighted by molar-refractivity contribution is 5.71. The number of allylic oxidation sites excluding steroid dienone is 1. The first-order chi connectivity index (χ1) is 5.83. The second-order valence-corrected chi connectivity index (χ2v) is 3.14. The molecule has 1 fully saturated rings. The number of rotatable bonds is 4. The Bertz CT molecular complexity index is 173. The Balaban J connectivity index is 2.14. The Kier molecular flexibility index (Phi) is 3.85. The first-order valence-corrected chi connectivity index (χ1v) is 4.69. The number of hydrogen-bond acceptors (Lipinski definition) is 2. The lowest BCUT2D eigenvalue weighted by Crippen LogP contribution is -2.01. The fourth-order valence-electron chi connectivity index (χ4n) is 1.25. The van der Waals surface area contributed by atoms with Crippen molar-refractivity contribution >= 4 is 5.97 Å². The summed E-state index contributed by atoms with van der Waals surface area (Å²) < 4.78 is 5.02. The Morgan fingerprint density at radius 2 is 2.50 bits per heavy atom. The molecule has 0 aromatic carbocycles. The van der Waals surface area contributed by atoms with Crippen LogP contribution >= 0.6 is 0 Å². The Morgan fingerprint density at radius 1 is 1.67 bits per heavy atom. The van der Waals surface area contributed by atoms with Crippen LogP contribution in [-0.2, 0) is 9.53 Å². The summed E-state index contributed by atoms with van der Waals surface area (Å²) in [5, 5.41) is 0. The van der Waals surface area contributed by atoms with E-state index in [1.807, 2.05) is 6.08 Å². The lowest BCUT2D eigenvalue weighted by molar-refractivity contribution is -0.139. The minimum Gasteiger partial charge on any atom is -0.458 e. The molecule has 2 heteroatoms. The number of carbonyl (C=O) groups excluding carboxylic acids is 1. The van der Waals surface area contributed by atoms with Crippen molar-refractivity contribution in [3.63, 3.8) is 0 Å². The van der Waals surface area contributed by atoms with Gasteiger partial charge in [-0.05, 0) is 18.9 Å². The van der Waals surface area contributed by atoms with Gasteiger partial charge in [0.1, 0.15) is 6.10 Å². The minimum absolute atomic E-state index is 0.0554. The van der Waals surface area contributed by atoms with E-state index in [0.29, 0.717) is 6.42 Å². The van der Waals surface area contributed by atoms with Crippen molar-refractivity contribution in [2.45, 2.75) is 45.1 Å². The van der Waals surface area contributed by atoms with Crippen molar-refractivity contribution in [2.24, 2.45) is 0 Å². The Hall–Kier alpha value is -0.790. The van der Waals surface area contributed by atoms with E-state index >= 15 is 0 Å². The maximum Gasteiger partial charge on any atom is 0.306 e. The monoisotopic (exact) mass is 168 g/mol. The molecular formula is C10H16O2. The molecule has 68 valence electrons. The third kappa shape index (κ3) is 3.07. The number of ether oxygens (including phenoxy) is 1. The molecule has 0 bridgehead atoms. The van der Waals surface area contributed by atoms with Gasteiger partial charge in [0.05, 0.1) is 0 Å². The van der Waals surface area contributed by atoms with Crippen LogP contribution in [0.5, 0.6) is 0 Å². The predicted octanol–water partition coefficient (Wildman–Crippen LogP) is 2.44. The normalized spacial score (nSPS) is 23.4. The van der Waals surface area contributed by atoms with E-state index in [9.17, 15) is 4.79 Å². The molecule has 0 unspecified atom stereocenters. The van der Waals surface area contributed by atoms with E-state index in [2.05, 4.69) is 13.0 Å². The maximum absolute atomic E-state index is 10.7. The zero-order valence-corrected chi connectivity index (χ0v) is 7.58. The molecule has 0 radical (unpaired) electrons. The molecular weight excluding hydrogens is 152 g/mol. The van der Waals surface area contributed by atoms with Crippen LogP contribution in [0, 0.1) is 0 Å². The van der Waals surface area contributed by atoms with E-state index in [0.717, 1.165) is 12.8 Å². The van der Waals surface area contributed by atoms with Gasteiger partial charge in [0.15, 0.2) is 0 Å². The van der Waals surface area contributed by atoms with E-state index < -0.39 is 0 Å². The summed E-state index contributed by atoms with van der Waals surface area (Å²) in [6.07, 6.45) is 9.18. The SMILES string of the molecule is CCCC/C=C\[C@@H]1CCC(=O)O1. The molecule has 0 amide bonds. The van der Waals surface area contributed by atoms with Crippen molar-refractivity contribution in [3.05, 3.63) is 12.2 Å². The van der Waals surface area contributed by atoms with Gasteiger partial charge in [-0.25, -0.2) is 0 Å². The van der Waals surface area contributed by atoms with Crippen molar-refractivity contribution in [1.29, 1.82) is 0 Å². The van der Waals surface area contributed by atoms with E-state index in [1.165, 1.54) is 12.8 Å². The van der Waals surface area contributed by atoms with Gasteiger partial charge in [-0.3, -0.25) is 4.79 Å². The average molecular weight is 168 g/mol. The average Bonchev–Trinajstić information content (AvgIpc) is 2.45. The Labute approximate surface area is 73.6 Å². The predicted molar refractivity (Wildman–Crippen MR) is 47.8 cm³/mol. The van der Waals surface area contributed by atoms with Crippen LogP contribution in [0.1, 0.15) is 39.0 Å². The van der Waals surface area contributed by atoms with Crippen LogP contribution in [0.2, 0.25) is 0 Å². The summed E-state index contributed by atoms with van der Waals surface area (Å²) >= 11 is 0. The van der Waals surface area contributed by atoms with Gasteiger partial charge in [-0.2, -0.15) is 0 Å². The fourth-order valence-corrected chi connectivity index (χ4v) is 1.25. The van der Waals surface area contributed by atoms with Crippen LogP contribution in [0.3, 0.4) is 0 Å². The van der Waals surface area contributed by atoms with E-state index in [-0.39, 0.29) is 12.1 Å². The largest absolute Gasteiger partial charge is 0.458 e. The number of cyclic esters (lactones) is 1. The van der Waals surface area contributed by atoms with Gasteiger partial charge in [-0.15, -0.1) is 0 Å². The molecule has 1 rings (SSSR count). The summed E-state index contributed by atoms with van der Waals surface area (Å²) in [5.41, 5.74) is 0. The van der Waals surface area contributed by atoms with Crippen LogP contribution in [0.15, 0.2) is 12.2 Å². The van der Waals surface area contributed by atoms with Gasteiger partial charge in [0.2, 0.25) is 0 Å². The number of esters is 1. The van der Waals surface area contributed by atoms with Crippen LogP contribution in [-0.4, -0.2) is 12.1 Å². The molecule has 0 aromatic heterocycles. The number of hydrogen-bond donors (Lipinski definition) is 0. The molecule has 1 aliphatic heterocycles. The van der Waals surface area contributed by atoms with Crippen molar-refractivity contribution in [1.82, 2.24) is 0 Å². The second-order valence-electron chi connectivity index (χ2n) is 3.14. The third-order valence-electron chi connectivity index (χ3n) is 1.99. The molecule has 0 N–H and O–H groups in total. The van der Waals surface area contributed by atoms with E-state index in [4.69, 9.17) is 4.74 Å². The maximum atomic E-state index is 10.7. The zero-order chi connectivity index (χ0) is 8.81. The lowest BCUT2D eigenvalue weighted by Gasteiger charge is -2.00. The topological polar surface area (TPSA) is 26.3 Å². The second kappa shape index (κ2) is 4.96. The molecule has 0 aromatic rings. The van der Waals surface area contributed by atoms with Crippen LogP contribution in [0.25, 0.3) is 0 Å². The molecule has 1 atom stereocenters. The zero-order valence-electron chi connectivity index (χ0n) is 7.58. The van der Waals surface area contributed by atoms with Gasteiger partial charge < -0.3 is 4.74 Å². The summed E-state index contributed by atoms with van der Waals surface area (Å²) in [5.74, 6) is -0.0554. The highest BCUT2D eigenvalue weighted by Crippen LogP contribution is 2.14. The van der Waals surface area contributed by atoms with Crippen LogP contribution < -0.4 is 0 Å². The first kappa shape index (κ1) is 9.30. The number of unbranched alkanes of at least 4 members (excludes halogenated alkanes) is 2. The molecule has 1 heterocycles. The standard InChI is InChI=1S/C10H16O2/c1-2-3-4-5-6-9-7-8-10(11)12-9/h5-6,9H,2-4,7-8H2,1H3/b6-5-/t9-/m1/s1. The van der Waals surface area contributed by atoms with Crippen LogP contribution in [0.4, 0.5) is 0 Å². The molecule has 0 spiro atoms. The Morgan fingerprint density at radius 3 is 3.08 bits per heavy atom. The summed E-state index contributed by atoms with van der Waals surface area (Å²) in [4.78, 5) is 10.7. The summed E-state index contributed by atoms with van der Waals surface area (Å²) in [6.45, 7) is 2.17. The number of carbonyl (C=O) groups is 1. The van der Waals surface area contributed by atoms with Crippen molar-refractivity contribution < 1.29 is 9.53 Å². The molecule has 2 nitrogen and oxygen atoms in total. The van der Waals surface area contributed by atoms with Gasteiger partial charge in [0, 0.05) is 6.42 Å². The van der Waals surface area contributed by atoms with Gasteiger partial charge >= 0.3 is 5.97 Å². The van der Waals surface area contributed by atoms with Gasteiger partial charge in [-0.1, -0.05) is 25.8 Å². The first-order valence-electron chi connectivity index (χ1n) is 4.69.